The summed E-state index contributed by atoms with van der Waals surface area (Å²) in [7, 11) is 6.34. The SMILES string of the molecule is Cc1cc(-c2cc(C)cc(-n3c4ccccc4c4ccccc43)c2O)c(N(C)CCCN(C)C)c(-c2cc(C)cc(-n3c4ccccc4c4ccccc43)c2O)c1. The first-order chi connectivity index (χ1) is 27.6. The standard InChI is InChI=1S/C51H48N4O2/c1-32-26-39(41-28-33(2)30-47(50(41)56)54-43-20-11-7-16-35(43)36-17-8-12-21-44(36)54)49(53(6)25-15-24-52(4)5)40(27-32)42-29-34(3)31-48(51(42)57)55-45-22-13-9-18-37(45)38-19-10-14-23-46(38)55/h7-14,16-23,26-31,56-57H,15,24-25H2,1-6H3. The fourth-order valence-electron chi connectivity index (χ4n) is 8.97. The van der Waals surface area contributed by atoms with Crippen LogP contribution in [0.25, 0.3) is 77.2 Å². The van der Waals surface area contributed by atoms with Crippen molar-refractivity contribution in [2.75, 3.05) is 39.1 Å². The van der Waals surface area contributed by atoms with E-state index in [9.17, 15) is 10.2 Å². The number of phenols is 2. The van der Waals surface area contributed by atoms with Crippen molar-refractivity contribution in [1.82, 2.24) is 14.0 Å². The van der Waals surface area contributed by atoms with Gasteiger partial charge in [-0.1, -0.05) is 72.8 Å². The van der Waals surface area contributed by atoms with Crippen LogP contribution >= 0.6 is 0 Å². The number of phenolic OH excluding ortho intramolecular Hbond substituents is 2. The maximum absolute atomic E-state index is 12.6. The minimum atomic E-state index is 0.214. The molecule has 2 aromatic heterocycles. The van der Waals surface area contributed by atoms with E-state index in [-0.39, 0.29) is 11.5 Å². The van der Waals surface area contributed by atoms with E-state index in [0.29, 0.717) is 0 Å². The van der Waals surface area contributed by atoms with Gasteiger partial charge in [0, 0.05) is 57.4 Å². The van der Waals surface area contributed by atoms with Gasteiger partial charge in [0.1, 0.15) is 11.5 Å². The zero-order valence-corrected chi connectivity index (χ0v) is 33.5. The summed E-state index contributed by atoms with van der Waals surface area (Å²) in [6, 6.07) is 46.3. The van der Waals surface area contributed by atoms with Gasteiger partial charge in [-0.15, -0.1) is 0 Å². The number of rotatable bonds is 9. The molecule has 2 heterocycles. The van der Waals surface area contributed by atoms with Gasteiger partial charge >= 0.3 is 0 Å². The Labute approximate surface area is 334 Å². The third kappa shape index (κ3) is 6.08. The van der Waals surface area contributed by atoms with Gasteiger partial charge in [0.2, 0.25) is 0 Å². The first-order valence-electron chi connectivity index (χ1n) is 19.8. The maximum atomic E-state index is 12.6. The lowest BCUT2D eigenvalue weighted by atomic mass is 9.90. The molecule has 0 aliphatic rings. The van der Waals surface area contributed by atoms with Gasteiger partial charge in [0.25, 0.3) is 0 Å². The van der Waals surface area contributed by atoms with Crippen LogP contribution in [0.2, 0.25) is 0 Å². The number of fused-ring (bicyclic) bond motifs is 6. The summed E-state index contributed by atoms with van der Waals surface area (Å²) in [5, 5.41) is 29.8. The van der Waals surface area contributed by atoms with Crippen molar-refractivity contribution in [2.24, 2.45) is 0 Å². The third-order valence-corrected chi connectivity index (χ3v) is 11.4. The Kier molecular flexibility index (Phi) is 9.02. The summed E-state index contributed by atoms with van der Waals surface area (Å²) in [4.78, 5) is 4.51. The van der Waals surface area contributed by atoms with Gasteiger partial charge in [0.05, 0.1) is 39.1 Å². The molecule has 0 saturated carbocycles. The van der Waals surface area contributed by atoms with E-state index < -0.39 is 0 Å². The highest BCUT2D eigenvalue weighted by Gasteiger charge is 2.26. The summed E-state index contributed by atoms with van der Waals surface area (Å²) >= 11 is 0. The van der Waals surface area contributed by atoms with Crippen molar-refractivity contribution < 1.29 is 10.2 Å². The molecule has 0 saturated heterocycles. The molecular formula is C51H48N4O2. The molecule has 57 heavy (non-hydrogen) atoms. The van der Waals surface area contributed by atoms with Crippen LogP contribution in [-0.2, 0) is 0 Å². The summed E-state index contributed by atoms with van der Waals surface area (Å²) < 4.78 is 4.39. The van der Waals surface area contributed by atoms with Gasteiger partial charge in [0.15, 0.2) is 0 Å². The molecule has 6 nitrogen and oxygen atoms in total. The summed E-state index contributed by atoms with van der Waals surface area (Å²) in [5.41, 5.74) is 13.0. The number of aromatic nitrogens is 2. The first kappa shape index (κ1) is 36.2. The molecule has 6 heteroatoms. The van der Waals surface area contributed by atoms with Gasteiger partial charge in [-0.2, -0.15) is 0 Å². The van der Waals surface area contributed by atoms with Gasteiger partial charge < -0.3 is 29.1 Å². The van der Waals surface area contributed by atoms with E-state index >= 15 is 0 Å². The molecule has 9 aromatic rings. The van der Waals surface area contributed by atoms with Gasteiger partial charge in [-0.3, -0.25) is 0 Å². The van der Waals surface area contributed by atoms with Gasteiger partial charge in [-0.25, -0.2) is 0 Å². The number of para-hydroxylation sites is 4. The number of aromatic hydroxyl groups is 2. The minimum Gasteiger partial charge on any atom is -0.505 e. The molecule has 0 unspecified atom stereocenters. The van der Waals surface area contributed by atoms with Crippen LogP contribution in [0.1, 0.15) is 23.1 Å². The predicted octanol–water partition coefficient (Wildman–Crippen LogP) is 11.9. The lowest BCUT2D eigenvalue weighted by Crippen LogP contribution is -2.24. The normalized spacial score (nSPS) is 11.8. The fraction of sp³-hybridized carbons (Fsp3) is 0.176. The second-order valence-electron chi connectivity index (χ2n) is 15.9. The van der Waals surface area contributed by atoms with Crippen molar-refractivity contribution in [3.05, 3.63) is 150 Å². The lowest BCUT2D eigenvalue weighted by molar-refractivity contribution is 0.402. The number of benzene rings is 7. The summed E-state index contributed by atoms with van der Waals surface area (Å²) in [5.74, 6) is 0.428. The van der Waals surface area contributed by atoms with Crippen LogP contribution in [0.5, 0.6) is 11.5 Å². The number of hydrogen-bond acceptors (Lipinski definition) is 4. The molecule has 0 fully saturated rings. The number of hydrogen-bond donors (Lipinski definition) is 2. The van der Waals surface area contributed by atoms with Crippen LogP contribution in [0.15, 0.2) is 133 Å². The van der Waals surface area contributed by atoms with E-state index in [1.807, 2.05) is 0 Å². The van der Waals surface area contributed by atoms with E-state index in [2.05, 4.69) is 194 Å². The second-order valence-corrected chi connectivity index (χ2v) is 15.9. The highest BCUT2D eigenvalue weighted by atomic mass is 16.3. The van der Waals surface area contributed by atoms with Crippen LogP contribution in [-0.4, -0.2) is 58.5 Å². The highest BCUT2D eigenvalue weighted by Crippen LogP contribution is 2.49. The predicted molar refractivity (Wildman–Crippen MR) is 240 cm³/mol. The minimum absolute atomic E-state index is 0.214. The van der Waals surface area contributed by atoms with E-state index in [4.69, 9.17) is 0 Å². The Balaban J connectivity index is 1.31. The monoisotopic (exact) mass is 748 g/mol. The molecule has 7 aromatic carbocycles. The smallest absolute Gasteiger partial charge is 0.147 e. The Morgan fingerprint density at radius 2 is 0.772 bits per heavy atom. The zero-order valence-electron chi connectivity index (χ0n) is 33.5. The zero-order chi connectivity index (χ0) is 39.5. The average molecular weight is 749 g/mol. The molecule has 0 amide bonds. The van der Waals surface area contributed by atoms with Gasteiger partial charge in [-0.05, 0) is 125 Å². The Bertz CT molecular complexity index is 2710. The summed E-state index contributed by atoms with van der Waals surface area (Å²) in [6.07, 6.45) is 0.940. The molecule has 0 radical (unpaired) electrons. The van der Waals surface area contributed by atoms with Crippen molar-refractivity contribution in [3.8, 4) is 45.1 Å². The van der Waals surface area contributed by atoms with E-state index in [1.165, 1.54) is 0 Å². The molecule has 0 aliphatic heterocycles. The maximum Gasteiger partial charge on any atom is 0.147 e. The molecule has 284 valence electrons. The first-order valence-corrected chi connectivity index (χ1v) is 19.8. The quantitative estimate of drug-likeness (QED) is 0.154. The largest absolute Gasteiger partial charge is 0.505 e. The highest BCUT2D eigenvalue weighted by molar-refractivity contribution is 6.11. The lowest BCUT2D eigenvalue weighted by Gasteiger charge is -2.29. The van der Waals surface area contributed by atoms with Crippen molar-refractivity contribution in [1.29, 1.82) is 0 Å². The molecule has 0 aliphatic carbocycles. The number of anilines is 1. The molecule has 0 bridgehead atoms. The second kappa shape index (κ2) is 14.2. The van der Waals surface area contributed by atoms with E-state index in [1.54, 1.807) is 0 Å². The molecular weight excluding hydrogens is 701 g/mol. The molecule has 2 N–H and O–H groups in total. The van der Waals surface area contributed by atoms with Crippen LogP contribution in [0.3, 0.4) is 0 Å². The summed E-state index contributed by atoms with van der Waals surface area (Å²) in [6.45, 7) is 8.01. The van der Waals surface area contributed by atoms with E-state index in [0.717, 1.165) is 119 Å². The molecule has 0 spiro atoms. The van der Waals surface area contributed by atoms with Crippen LogP contribution in [0, 0.1) is 20.8 Å². The number of aryl methyl sites for hydroxylation is 3. The van der Waals surface area contributed by atoms with Crippen molar-refractivity contribution in [2.45, 2.75) is 27.2 Å². The van der Waals surface area contributed by atoms with Crippen molar-refractivity contribution in [3.63, 3.8) is 0 Å². The Hall–Kier alpha value is -6.50. The Morgan fingerprint density at radius 3 is 1.14 bits per heavy atom. The fourth-order valence-corrected chi connectivity index (χ4v) is 8.97. The third-order valence-electron chi connectivity index (χ3n) is 11.4. The molecule has 0 atom stereocenters. The molecule has 9 rings (SSSR count). The van der Waals surface area contributed by atoms with Crippen LogP contribution < -0.4 is 4.90 Å². The number of nitrogens with zero attached hydrogens (tertiary/aromatic N) is 4. The van der Waals surface area contributed by atoms with Crippen molar-refractivity contribution >= 4 is 49.3 Å². The Morgan fingerprint density at radius 1 is 0.439 bits per heavy atom. The average Bonchev–Trinajstić information content (AvgIpc) is 3.72. The van der Waals surface area contributed by atoms with Crippen LogP contribution in [0.4, 0.5) is 5.69 Å². The topological polar surface area (TPSA) is 56.8 Å².